The number of benzene rings is 2. The van der Waals surface area contributed by atoms with Crippen LogP contribution in [0.2, 0.25) is 0 Å². The lowest BCUT2D eigenvalue weighted by molar-refractivity contribution is -0.123. The normalized spacial score (nSPS) is 16.2. The van der Waals surface area contributed by atoms with E-state index in [2.05, 4.69) is 18.3 Å². The van der Waals surface area contributed by atoms with Crippen molar-refractivity contribution in [1.82, 2.24) is 5.32 Å². The summed E-state index contributed by atoms with van der Waals surface area (Å²) < 4.78 is 11.5. The molecule has 0 aromatic heterocycles. The number of unbranched alkanes of at least 4 members (excludes halogenated alkanes) is 3. The fourth-order valence-corrected chi connectivity index (χ4v) is 4.60. The van der Waals surface area contributed by atoms with Crippen molar-refractivity contribution in [2.24, 2.45) is 5.92 Å². The molecule has 34 heavy (non-hydrogen) atoms. The maximum absolute atomic E-state index is 12.1. The number of aryl methyl sites for hydroxylation is 1. The van der Waals surface area contributed by atoms with Crippen molar-refractivity contribution in [3.05, 3.63) is 53.6 Å². The van der Waals surface area contributed by atoms with Gasteiger partial charge in [-0.2, -0.15) is 0 Å². The Kier molecular flexibility index (Phi) is 10.5. The van der Waals surface area contributed by atoms with Gasteiger partial charge in [-0.05, 0) is 73.8 Å². The predicted octanol–water partition coefficient (Wildman–Crippen LogP) is 4.67. The Morgan fingerprint density at radius 1 is 1.15 bits per heavy atom. The number of fused-ring (bicyclic) bond motifs is 1. The van der Waals surface area contributed by atoms with Crippen LogP contribution in [0.1, 0.15) is 63.0 Å². The van der Waals surface area contributed by atoms with Crippen LogP contribution in [0.3, 0.4) is 0 Å². The number of nitrogens with two attached hydrogens (primary N) is 1. The van der Waals surface area contributed by atoms with Crippen LogP contribution in [0.4, 0.5) is 5.69 Å². The van der Waals surface area contributed by atoms with Crippen LogP contribution < -0.4 is 20.5 Å². The van der Waals surface area contributed by atoms with Gasteiger partial charge >= 0.3 is 0 Å². The zero-order valence-corrected chi connectivity index (χ0v) is 20.4. The first-order valence-corrected chi connectivity index (χ1v) is 12.7. The van der Waals surface area contributed by atoms with Crippen molar-refractivity contribution in [2.75, 3.05) is 25.5 Å². The van der Waals surface area contributed by atoms with Gasteiger partial charge in [0.1, 0.15) is 18.1 Å². The Labute approximate surface area is 203 Å². The van der Waals surface area contributed by atoms with Gasteiger partial charge in [-0.15, -0.1) is 0 Å². The van der Waals surface area contributed by atoms with Gasteiger partial charge in [0.15, 0.2) is 6.61 Å². The van der Waals surface area contributed by atoms with E-state index in [-0.39, 0.29) is 19.1 Å². The molecule has 1 amide bonds. The molecule has 0 heterocycles. The maximum atomic E-state index is 12.1. The summed E-state index contributed by atoms with van der Waals surface area (Å²) in [6.07, 6.45) is 8.47. The second-order valence-electron chi connectivity index (χ2n) is 9.29. The van der Waals surface area contributed by atoms with Crippen molar-refractivity contribution in [2.45, 2.75) is 70.8 Å². The quantitative estimate of drug-likeness (QED) is 0.226. The SMILES string of the molecule is CCCCCCNC(=O)COc1ccc2c(c1N)CC(C[C@H](O)COc1ccccc1)CCC2. The van der Waals surface area contributed by atoms with Crippen LogP contribution in [0, 0.1) is 5.92 Å². The number of nitrogen functional groups attached to an aromatic ring is 1. The summed E-state index contributed by atoms with van der Waals surface area (Å²) in [6, 6.07) is 13.5. The first-order valence-electron chi connectivity index (χ1n) is 12.7. The molecule has 0 saturated carbocycles. The molecule has 2 aromatic carbocycles. The summed E-state index contributed by atoms with van der Waals surface area (Å²) >= 11 is 0. The monoisotopic (exact) mass is 468 g/mol. The molecule has 186 valence electrons. The summed E-state index contributed by atoms with van der Waals surface area (Å²) in [4.78, 5) is 12.1. The van der Waals surface area contributed by atoms with Crippen molar-refractivity contribution >= 4 is 11.6 Å². The van der Waals surface area contributed by atoms with Crippen LogP contribution in [0.25, 0.3) is 0 Å². The minimum Gasteiger partial charge on any atom is -0.491 e. The summed E-state index contributed by atoms with van der Waals surface area (Å²) in [5.74, 6) is 1.53. The van der Waals surface area contributed by atoms with Gasteiger partial charge < -0.3 is 25.6 Å². The van der Waals surface area contributed by atoms with E-state index in [0.717, 1.165) is 49.8 Å². The maximum Gasteiger partial charge on any atom is 0.257 e. The van der Waals surface area contributed by atoms with Gasteiger partial charge in [-0.3, -0.25) is 4.79 Å². The number of para-hydroxylation sites is 1. The van der Waals surface area contributed by atoms with E-state index < -0.39 is 6.10 Å². The second kappa shape index (κ2) is 13.9. The minimum atomic E-state index is -0.534. The molecule has 0 bridgehead atoms. The molecule has 0 fully saturated rings. The van der Waals surface area contributed by atoms with Gasteiger partial charge in [0.2, 0.25) is 0 Å². The number of anilines is 1. The lowest BCUT2D eigenvalue weighted by atomic mass is 9.91. The van der Waals surface area contributed by atoms with E-state index in [9.17, 15) is 9.90 Å². The molecule has 0 radical (unpaired) electrons. The molecule has 2 aromatic rings. The number of nitrogens with one attached hydrogen (secondary N) is 1. The van der Waals surface area contributed by atoms with Gasteiger partial charge in [-0.25, -0.2) is 0 Å². The fourth-order valence-electron chi connectivity index (χ4n) is 4.60. The smallest absolute Gasteiger partial charge is 0.257 e. The van der Waals surface area contributed by atoms with E-state index in [4.69, 9.17) is 15.2 Å². The van der Waals surface area contributed by atoms with E-state index in [1.54, 1.807) is 0 Å². The van der Waals surface area contributed by atoms with Gasteiger partial charge in [0.25, 0.3) is 5.91 Å². The molecular weight excluding hydrogens is 428 g/mol. The van der Waals surface area contributed by atoms with E-state index in [1.807, 2.05) is 36.4 Å². The fraction of sp³-hybridized carbons (Fsp3) is 0.536. The number of carbonyl (C=O) groups excluding carboxylic acids is 1. The molecule has 0 saturated heterocycles. The lowest BCUT2D eigenvalue weighted by Crippen LogP contribution is -2.29. The first kappa shape index (κ1) is 25.9. The summed E-state index contributed by atoms with van der Waals surface area (Å²) in [5.41, 5.74) is 9.45. The van der Waals surface area contributed by atoms with Crippen molar-refractivity contribution in [3.63, 3.8) is 0 Å². The Hall–Kier alpha value is -2.73. The van der Waals surface area contributed by atoms with Crippen molar-refractivity contribution in [3.8, 4) is 11.5 Å². The molecule has 4 N–H and O–H groups in total. The van der Waals surface area contributed by atoms with E-state index in [1.165, 1.54) is 18.4 Å². The Morgan fingerprint density at radius 3 is 2.76 bits per heavy atom. The standard InChI is InChI=1S/C28H40N2O4/c1-2-3-4-8-16-30-27(32)20-34-26-15-14-22-11-9-10-21(18-25(22)28(26)29)17-23(31)19-33-24-12-6-5-7-13-24/h5-7,12-15,21,23,31H,2-4,8-11,16-20,29H2,1H3,(H,30,32)/t21?,23-/m0/s1. The number of rotatable bonds is 13. The summed E-state index contributed by atoms with van der Waals surface area (Å²) in [6.45, 7) is 3.09. The molecule has 0 spiro atoms. The molecule has 2 atom stereocenters. The van der Waals surface area contributed by atoms with Gasteiger partial charge in [0.05, 0.1) is 11.8 Å². The zero-order valence-electron chi connectivity index (χ0n) is 20.4. The largest absolute Gasteiger partial charge is 0.491 e. The average Bonchev–Trinajstić information content (AvgIpc) is 3.05. The number of ether oxygens (including phenoxy) is 2. The third kappa shape index (κ3) is 8.24. The number of carbonyl (C=O) groups is 1. The molecular formula is C28H40N2O4. The van der Waals surface area contributed by atoms with E-state index >= 15 is 0 Å². The molecule has 6 heteroatoms. The lowest BCUT2D eigenvalue weighted by Gasteiger charge is -2.21. The Bertz CT molecular complexity index is 887. The minimum absolute atomic E-state index is 0.0320. The van der Waals surface area contributed by atoms with Crippen molar-refractivity contribution in [1.29, 1.82) is 0 Å². The van der Waals surface area contributed by atoms with Gasteiger partial charge in [-0.1, -0.05) is 50.5 Å². The van der Waals surface area contributed by atoms with Crippen LogP contribution in [-0.2, 0) is 17.6 Å². The number of amides is 1. The zero-order chi connectivity index (χ0) is 24.2. The average molecular weight is 469 g/mol. The Balaban J connectivity index is 1.51. The highest BCUT2D eigenvalue weighted by Crippen LogP contribution is 2.35. The third-order valence-corrected chi connectivity index (χ3v) is 6.47. The van der Waals surface area contributed by atoms with Crippen LogP contribution >= 0.6 is 0 Å². The second-order valence-corrected chi connectivity index (χ2v) is 9.29. The van der Waals surface area contributed by atoms with Gasteiger partial charge in [0, 0.05) is 6.54 Å². The Morgan fingerprint density at radius 2 is 1.97 bits per heavy atom. The number of aliphatic hydroxyl groups excluding tert-OH is 1. The van der Waals surface area contributed by atoms with Crippen molar-refractivity contribution < 1.29 is 19.4 Å². The van der Waals surface area contributed by atoms with Crippen LogP contribution in [-0.4, -0.2) is 36.9 Å². The summed E-state index contributed by atoms with van der Waals surface area (Å²) in [5, 5.41) is 13.5. The number of hydrogen-bond donors (Lipinski definition) is 3. The first-order chi connectivity index (χ1) is 16.6. The number of aliphatic hydroxyl groups is 1. The molecule has 6 nitrogen and oxygen atoms in total. The molecule has 3 rings (SSSR count). The topological polar surface area (TPSA) is 93.8 Å². The molecule has 1 unspecified atom stereocenters. The van der Waals surface area contributed by atoms with Crippen LogP contribution in [0.15, 0.2) is 42.5 Å². The molecule has 1 aliphatic carbocycles. The molecule has 0 aliphatic heterocycles. The highest BCUT2D eigenvalue weighted by atomic mass is 16.5. The molecule has 1 aliphatic rings. The highest BCUT2D eigenvalue weighted by molar-refractivity contribution is 5.77. The summed E-state index contributed by atoms with van der Waals surface area (Å²) in [7, 11) is 0. The predicted molar refractivity (Wildman–Crippen MR) is 136 cm³/mol. The van der Waals surface area contributed by atoms with E-state index in [0.29, 0.717) is 30.3 Å². The highest BCUT2D eigenvalue weighted by Gasteiger charge is 2.23. The third-order valence-electron chi connectivity index (χ3n) is 6.47. The van der Waals surface area contributed by atoms with Crippen LogP contribution in [0.5, 0.6) is 11.5 Å². The number of hydrogen-bond acceptors (Lipinski definition) is 5.